The van der Waals surface area contributed by atoms with Crippen molar-refractivity contribution in [2.75, 3.05) is 12.3 Å². The van der Waals surface area contributed by atoms with Gasteiger partial charge in [-0.25, -0.2) is 22.0 Å². The van der Waals surface area contributed by atoms with E-state index in [1.165, 1.54) is 30.8 Å². The average Bonchev–Trinajstić information content (AvgIpc) is 3.58. The van der Waals surface area contributed by atoms with Gasteiger partial charge in [0, 0.05) is 13.2 Å². The van der Waals surface area contributed by atoms with E-state index in [0.29, 0.717) is 24.5 Å². The fourth-order valence-electron chi connectivity index (χ4n) is 3.87. The van der Waals surface area contributed by atoms with Crippen LogP contribution in [0.4, 0.5) is 26.3 Å². The van der Waals surface area contributed by atoms with E-state index >= 15 is 0 Å². The van der Waals surface area contributed by atoms with Crippen molar-refractivity contribution < 1.29 is 39.0 Å². The van der Waals surface area contributed by atoms with Crippen LogP contribution in [0.5, 0.6) is 0 Å². The summed E-state index contributed by atoms with van der Waals surface area (Å²) in [5.41, 5.74) is -6.19. The minimum absolute atomic E-state index is 0.0664. The Bertz CT molecular complexity index is 1710. The molecule has 1 aliphatic rings. The SMILES string of the molecule is CCS(=O)(=O)c1cc(C2(C#N)CC2)cnc1-c1nc2cc(S(=O)(=NCC(F)(F)F)C(F)(F)F)ccc2n1C. The van der Waals surface area contributed by atoms with E-state index in [9.17, 15) is 44.2 Å². The zero-order chi connectivity index (χ0) is 28.3. The molecule has 1 unspecified atom stereocenters. The lowest BCUT2D eigenvalue weighted by Gasteiger charge is -2.14. The number of pyridine rings is 1. The second kappa shape index (κ2) is 8.94. The standard InChI is InChI=1S/C22H19F6N5O3S2/c1-3-37(34,35)17-8-13(20(11-29)6-7-20)10-30-18(17)19-32-15-9-14(4-5-16(15)33(19)2)38(36,22(26,27)28)31-12-21(23,24)25/h4-5,8-10H,3,6-7,12H2,1-2H3. The third-order valence-corrected chi connectivity index (χ3v) is 9.96. The van der Waals surface area contributed by atoms with Gasteiger partial charge in [-0.15, -0.1) is 0 Å². The van der Waals surface area contributed by atoms with Crippen LogP contribution in [0.15, 0.2) is 44.6 Å². The van der Waals surface area contributed by atoms with E-state index in [4.69, 9.17) is 0 Å². The first-order chi connectivity index (χ1) is 17.5. The van der Waals surface area contributed by atoms with Crippen molar-refractivity contribution in [1.82, 2.24) is 14.5 Å². The molecule has 1 fully saturated rings. The average molecular weight is 580 g/mol. The third kappa shape index (κ3) is 4.73. The molecule has 38 heavy (non-hydrogen) atoms. The van der Waals surface area contributed by atoms with Crippen LogP contribution in [0.1, 0.15) is 25.3 Å². The summed E-state index contributed by atoms with van der Waals surface area (Å²) in [7, 11) is -7.98. The number of benzene rings is 1. The lowest BCUT2D eigenvalue weighted by atomic mass is 9.99. The molecular weight excluding hydrogens is 560 g/mol. The Morgan fingerprint density at radius 2 is 1.79 bits per heavy atom. The molecular formula is C22H19F6N5O3S2. The molecule has 1 aromatic carbocycles. The van der Waals surface area contributed by atoms with Crippen LogP contribution in [0.2, 0.25) is 0 Å². The van der Waals surface area contributed by atoms with Gasteiger partial charge in [0.2, 0.25) is 0 Å². The number of hydrogen-bond acceptors (Lipinski definition) is 7. The molecule has 0 aliphatic heterocycles. The Morgan fingerprint density at radius 3 is 2.32 bits per heavy atom. The summed E-state index contributed by atoms with van der Waals surface area (Å²) in [6.07, 6.45) is -2.70. The van der Waals surface area contributed by atoms with Crippen LogP contribution >= 0.6 is 0 Å². The summed E-state index contributed by atoms with van der Waals surface area (Å²) in [6, 6.07) is 6.03. The maximum Gasteiger partial charge on any atom is 0.483 e. The number of rotatable bonds is 6. The van der Waals surface area contributed by atoms with Gasteiger partial charge in [0.15, 0.2) is 25.4 Å². The minimum atomic E-state index is -5.61. The first-order valence-electron chi connectivity index (χ1n) is 11.0. The molecule has 0 bridgehead atoms. The third-order valence-electron chi connectivity index (χ3n) is 6.21. The van der Waals surface area contributed by atoms with Crippen molar-refractivity contribution in [3.05, 3.63) is 36.0 Å². The molecule has 1 atom stereocenters. The molecule has 0 spiro atoms. The summed E-state index contributed by atoms with van der Waals surface area (Å²) in [5.74, 6) is -0.379. The number of aromatic nitrogens is 3. The first-order valence-corrected chi connectivity index (χ1v) is 14.1. The molecule has 1 saturated carbocycles. The summed E-state index contributed by atoms with van der Waals surface area (Å²) < 4.78 is 121. The van der Waals surface area contributed by atoms with E-state index in [0.717, 1.165) is 12.1 Å². The first kappa shape index (κ1) is 27.8. The molecule has 1 aliphatic carbocycles. The van der Waals surface area contributed by atoms with Crippen LogP contribution < -0.4 is 0 Å². The largest absolute Gasteiger partial charge is 0.483 e. The van der Waals surface area contributed by atoms with Crippen molar-refractivity contribution in [2.45, 2.75) is 46.7 Å². The van der Waals surface area contributed by atoms with Crippen molar-refractivity contribution in [3.63, 3.8) is 0 Å². The molecule has 4 rings (SSSR count). The molecule has 0 N–H and O–H groups in total. The summed E-state index contributed by atoms with van der Waals surface area (Å²) >= 11 is 0. The number of fused-ring (bicyclic) bond motifs is 1. The molecule has 204 valence electrons. The van der Waals surface area contributed by atoms with Crippen LogP contribution in [-0.2, 0) is 32.0 Å². The fraction of sp³-hybridized carbons (Fsp3) is 0.409. The molecule has 0 radical (unpaired) electrons. The Kier molecular flexibility index (Phi) is 6.55. The van der Waals surface area contributed by atoms with E-state index in [-0.39, 0.29) is 33.2 Å². The highest BCUT2D eigenvalue weighted by Crippen LogP contribution is 2.48. The predicted octanol–water partition coefficient (Wildman–Crippen LogP) is 4.89. The highest BCUT2D eigenvalue weighted by molar-refractivity contribution is 7.94. The molecule has 2 heterocycles. The number of hydrogen-bond donors (Lipinski definition) is 0. The molecule has 0 amide bonds. The number of sulfone groups is 1. The second-order valence-electron chi connectivity index (χ2n) is 8.69. The monoisotopic (exact) mass is 579 g/mol. The van der Waals surface area contributed by atoms with Crippen molar-refractivity contribution >= 4 is 30.6 Å². The highest BCUT2D eigenvalue weighted by Gasteiger charge is 2.47. The number of nitrogens with zero attached hydrogens (tertiary/aromatic N) is 5. The second-order valence-corrected chi connectivity index (χ2v) is 13.2. The van der Waals surface area contributed by atoms with E-state index in [2.05, 4.69) is 20.4 Å². The topological polar surface area (TPSA) is 118 Å². The van der Waals surface area contributed by atoms with Crippen molar-refractivity contribution in [2.24, 2.45) is 11.4 Å². The van der Waals surface area contributed by atoms with Crippen LogP contribution in [0, 0.1) is 11.3 Å². The molecule has 8 nitrogen and oxygen atoms in total. The van der Waals surface area contributed by atoms with E-state index in [1.54, 1.807) is 0 Å². The lowest BCUT2D eigenvalue weighted by Crippen LogP contribution is -2.25. The minimum Gasteiger partial charge on any atom is -0.326 e. The van der Waals surface area contributed by atoms with Crippen molar-refractivity contribution in [1.29, 1.82) is 5.26 Å². The Hall–Kier alpha value is -3.19. The zero-order valence-electron chi connectivity index (χ0n) is 19.8. The number of halogens is 6. The Morgan fingerprint density at radius 1 is 1.13 bits per heavy atom. The predicted molar refractivity (Wildman–Crippen MR) is 124 cm³/mol. The number of imidazole rings is 1. The van der Waals surface area contributed by atoms with Gasteiger partial charge in [0.05, 0.1) is 38.1 Å². The molecule has 3 aromatic rings. The fourth-order valence-corrected chi connectivity index (χ4v) is 6.34. The number of aryl methyl sites for hydroxylation is 1. The molecule has 2 aromatic heterocycles. The number of nitriles is 1. The maximum absolute atomic E-state index is 13.6. The van der Waals surface area contributed by atoms with Crippen LogP contribution in [0.3, 0.4) is 0 Å². The molecule has 16 heteroatoms. The highest BCUT2D eigenvalue weighted by atomic mass is 32.2. The van der Waals surface area contributed by atoms with Crippen molar-refractivity contribution in [3.8, 4) is 17.6 Å². The van der Waals surface area contributed by atoms with E-state index in [1.807, 2.05) is 0 Å². The van der Waals surface area contributed by atoms with Crippen LogP contribution in [-0.4, -0.2) is 51.1 Å². The van der Waals surface area contributed by atoms with Gasteiger partial charge in [0.1, 0.15) is 12.2 Å². The van der Waals surface area contributed by atoms with Gasteiger partial charge in [-0.1, -0.05) is 6.92 Å². The normalized spacial score (nSPS) is 17.1. The lowest BCUT2D eigenvalue weighted by molar-refractivity contribution is -0.118. The van der Waals surface area contributed by atoms with Gasteiger partial charge in [-0.3, -0.25) is 4.98 Å². The smallest absolute Gasteiger partial charge is 0.326 e. The van der Waals surface area contributed by atoms with Gasteiger partial charge >= 0.3 is 11.7 Å². The van der Waals surface area contributed by atoms with Crippen LogP contribution in [0.25, 0.3) is 22.6 Å². The van der Waals surface area contributed by atoms with Gasteiger partial charge < -0.3 is 4.57 Å². The van der Waals surface area contributed by atoms with Gasteiger partial charge in [0.25, 0.3) is 0 Å². The number of alkyl halides is 6. The maximum atomic E-state index is 13.6. The van der Waals surface area contributed by atoms with Gasteiger partial charge in [-0.2, -0.15) is 31.6 Å². The summed E-state index contributed by atoms with van der Waals surface area (Å²) in [5, 5.41) is 9.50. The Labute approximate surface area is 213 Å². The van der Waals surface area contributed by atoms with E-state index < -0.39 is 48.1 Å². The van der Waals surface area contributed by atoms with Gasteiger partial charge in [-0.05, 0) is 42.7 Å². The Balaban J connectivity index is 1.92. The summed E-state index contributed by atoms with van der Waals surface area (Å²) in [4.78, 5) is 7.19. The summed E-state index contributed by atoms with van der Waals surface area (Å²) in [6.45, 7) is -0.863. The zero-order valence-corrected chi connectivity index (χ0v) is 21.4. The molecule has 0 saturated heterocycles. The quantitative estimate of drug-likeness (QED) is 0.384.